The van der Waals surface area contributed by atoms with E-state index in [4.69, 9.17) is 5.26 Å². The summed E-state index contributed by atoms with van der Waals surface area (Å²) in [5.41, 5.74) is 3.24. The smallest absolute Gasteiger partial charge is 0.0992 e. The average Bonchev–Trinajstić information content (AvgIpc) is 3.17. The van der Waals surface area contributed by atoms with E-state index in [0.717, 1.165) is 5.56 Å². The van der Waals surface area contributed by atoms with Gasteiger partial charge < -0.3 is 0 Å². The highest BCUT2D eigenvalue weighted by atomic mass is 32.1. The van der Waals surface area contributed by atoms with E-state index in [2.05, 4.69) is 54.6 Å². The van der Waals surface area contributed by atoms with Gasteiger partial charge in [0, 0.05) is 20.2 Å². The van der Waals surface area contributed by atoms with E-state index < -0.39 is 0 Å². The van der Waals surface area contributed by atoms with Crippen molar-refractivity contribution in [2.75, 3.05) is 0 Å². The van der Waals surface area contributed by atoms with Gasteiger partial charge >= 0.3 is 0 Å². The minimum Gasteiger partial charge on any atom is -0.192 e. The Bertz CT molecular complexity index is 1250. The van der Waals surface area contributed by atoms with E-state index in [1.54, 1.807) is 11.3 Å². The summed E-state index contributed by atoms with van der Waals surface area (Å²) < 4.78 is 5.19. The SMILES string of the molecule is N#Cc1ccc2c(c1)sc1c3ccc(-c4ccccc4)cc3sc21. The normalized spacial score (nSPS) is 11.3. The highest BCUT2D eigenvalue weighted by Gasteiger charge is 2.13. The molecule has 0 amide bonds. The summed E-state index contributed by atoms with van der Waals surface area (Å²) in [4.78, 5) is 0. The highest BCUT2D eigenvalue weighted by Crippen LogP contribution is 2.45. The van der Waals surface area contributed by atoms with Gasteiger partial charge in [0.1, 0.15) is 0 Å². The fourth-order valence-corrected chi connectivity index (χ4v) is 5.87. The van der Waals surface area contributed by atoms with Crippen molar-refractivity contribution in [2.24, 2.45) is 0 Å². The lowest BCUT2D eigenvalue weighted by atomic mass is 10.1. The summed E-state index contributed by atoms with van der Waals surface area (Å²) >= 11 is 3.64. The van der Waals surface area contributed by atoms with Gasteiger partial charge in [-0.25, -0.2) is 0 Å². The zero-order valence-electron chi connectivity index (χ0n) is 12.6. The van der Waals surface area contributed by atoms with Crippen LogP contribution in [0.3, 0.4) is 0 Å². The Balaban J connectivity index is 1.78. The molecular weight excluding hydrogens is 330 g/mol. The molecule has 0 fully saturated rings. The quantitative estimate of drug-likeness (QED) is 0.328. The third-order valence-electron chi connectivity index (χ3n) is 4.32. The van der Waals surface area contributed by atoms with Crippen LogP contribution in [0.4, 0.5) is 0 Å². The molecule has 0 bridgehead atoms. The van der Waals surface area contributed by atoms with Gasteiger partial charge in [-0.3, -0.25) is 0 Å². The number of rotatable bonds is 1. The van der Waals surface area contributed by atoms with Crippen LogP contribution < -0.4 is 0 Å². The van der Waals surface area contributed by atoms with E-state index in [0.29, 0.717) is 0 Å². The Morgan fingerprint density at radius 2 is 1.33 bits per heavy atom. The lowest BCUT2D eigenvalue weighted by molar-refractivity contribution is 1.50. The first-order chi connectivity index (χ1) is 11.8. The van der Waals surface area contributed by atoms with Crippen LogP contribution in [0.2, 0.25) is 0 Å². The van der Waals surface area contributed by atoms with Gasteiger partial charge in [0.2, 0.25) is 0 Å². The Morgan fingerprint density at radius 1 is 0.667 bits per heavy atom. The Morgan fingerprint density at radius 3 is 2.04 bits per heavy atom. The molecule has 0 radical (unpaired) electrons. The van der Waals surface area contributed by atoms with Gasteiger partial charge in [-0.15, -0.1) is 22.7 Å². The monoisotopic (exact) mass is 341 g/mol. The molecule has 0 saturated heterocycles. The van der Waals surface area contributed by atoms with Crippen LogP contribution in [0.1, 0.15) is 5.56 Å². The number of nitriles is 1. The van der Waals surface area contributed by atoms with Crippen LogP contribution in [0.15, 0.2) is 66.7 Å². The van der Waals surface area contributed by atoms with E-state index in [1.165, 1.54) is 40.7 Å². The van der Waals surface area contributed by atoms with E-state index in [-0.39, 0.29) is 0 Å². The largest absolute Gasteiger partial charge is 0.192 e. The third-order valence-corrected chi connectivity index (χ3v) is 6.82. The zero-order chi connectivity index (χ0) is 16.1. The van der Waals surface area contributed by atoms with Crippen molar-refractivity contribution in [2.45, 2.75) is 0 Å². The molecule has 0 spiro atoms. The van der Waals surface area contributed by atoms with Gasteiger partial charge in [-0.1, -0.05) is 48.5 Å². The lowest BCUT2D eigenvalue weighted by Crippen LogP contribution is -1.75. The highest BCUT2D eigenvalue weighted by molar-refractivity contribution is 7.36. The molecular formula is C21H11NS2. The van der Waals surface area contributed by atoms with Gasteiger partial charge in [0.05, 0.1) is 21.0 Å². The minimum atomic E-state index is 0.729. The zero-order valence-corrected chi connectivity index (χ0v) is 14.2. The maximum Gasteiger partial charge on any atom is 0.0992 e. The number of hydrogen-bond donors (Lipinski definition) is 0. The molecule has 5 aromatic rings. The number of fused-ring (bicyclic) bond motifs is 5. The van der Waals surface area contributed by atoms with E-state index >= 15 is 0 Å². The maximum absolute atomic E-state index is 9.09. The van der Waals surface area contributed by atoms with Crippen molar-refractivity contribution in [3.05, 3.63) is 72.3 Å². The van der Waals surface area contributed by atoms with Gasteiger partial charge in [-0.05, 0) is 29.3 Å². The van der Waals surface area contributed by atoms with Gasteiger partial charge in [0.25, 0.3) is 0 Å². The standard InChI is InChI=1S/C21H11NS2/c22-12-13-6-8-16-18(10-13)23-21-17-9-7-15(11-19(17)24-20(16)21)14-4-2-1-3-5-14/h1-11H. The van der Waals surface area contributed by atoms with E-state index in [1.807, 2.05) is 29.5 Å². The van der Waals surface area contributed by atoms with Crippen molar-refractivity contribution < 1.29 is 0 Å². The molecule has 1 nitrogen and oxygen atoms in total. The number of hydrogen-bond acceptors (Lipinski definition) is 3. The molecule has 0 saturated carbocycles. The second-order valence-corrected chi connectivity index (χ2v) is 7.87. The molecule has 5 rings (SSSR count). The molecule has 0 aliphatic heterocycles. The van der Waals surface area contributed by atoms with Crippen molar-refractivity contribution in [3.8, 4) is 17.2 Å². The first kappa shape index (κ1) is 13.7. The second-order valence-electron chi connectivity index (χ2n) is 5.76. The summed E-state index contributed by atoms with van der Waals surface area (Å²) in [6.07, 6.45) is 0. The van der Waals surface area contributed by atoms with Gasteiger partial charge in [0.15, 0.2) is 0 Å². The summed E-state index contributed by atoms with van der Waals surface area (Å²) in [5.74, 6) is 0. The van der Waals surface area contributed by atoms with E-state index in [9.17, 15) is 0 Å². The molecule has 24 heavy (non-hydrogen) atoms. The molecule has 2 aromatic heterocycles. The average molecular weight is 341 g/mol. The molecule has 112 valence electrons. The van der Waals surface area contributed by atoms with Crippen LogP contribution in [0.25, 0.3) is 40.7 Å². The molecule has 0 aliphatic rings. The summed E-state index contributed by atoms with van der Waals surface area (Å²) in [5, 5.41) is 11.7. The third kappa shape index (κ3) is 1.98. The number of nitrogens with zero attached hydrogens (tertiary/aromatic N) is 1. The predicted molar refractivity (Wildman–Crippen MR) is 105 cm³/mol. The first-order valence-electron chi connectivity index (χ1n) is 7.68. The molecule has 3 heteroatoms. The van der Waals surface area contributed by atoms with Crippen LogP contribution in [-0.4, -0.2) is 0 Å². The molecule has 0 unspecified atom stereocenters. The maximum atomic E-state index is 9.09. The molecule has 0 N–H and O–H groups in total. The topological polar surface area (TPSA) is 23.8 Å². The van der Waals surface area contributed by atoms with Crippen LogP contribution in [-0.2, 0) is 0 Å². The molecule has 3 aromatic carbocycles. The molecule has 0 aliphatic carbocycles. The summed E-state index contributed by atoms with van der Waals surface area (Å²) in [7, 11) is 0. The Kier molecular flexibility index (Phi) is 2.96. The van der Waals surface area contributed by atoms with Gasteiger partial charge in [-0.2, -0.15) is 5.26 Å². The van der Waals surface area contributed by atoms with Crippen molar-refractivity contribution in [1.82, 2.24) is 0 Å². The van der Waals surface area contributed by atoms with Crippen molar-refractivity contribution in [3.63, 3.8) is 0 Å². The molecule has 2 heterocycles. The lowest BCUT2D eigenvalue weighted by Gasteiger charge is -2.01. The number of thiophene rings is 2. The fraction of sp³-hybridized carbons (Fsp3) is 0. The molecule has 0 atom stereocenters. The van der Waals surface area contributed by atoms with Crippen LogP contribution in [0, 0.1) is 11.3 Å². The minimum absolute atomic E-state index is 0.729. The Hall–Kier alpha value is -2.67. The Labute approximate surface area is 147 Å². The van der Waals surface area contributed by atoms with Crippen molar-refractivity contribution >= 4 is 52.2 Å². The fourth-order valence-electron chi connectivity index (χ4n) is 3.14. The predicted octanol–water partition coefficient (Wildman–Crippen LogP) is 6.81. The summed E-state index contributed by atoms with van der Waals surface area (Å²) in [6.45, 7) is 0. The van der Waals surface area contributed by atoms with Crippen LogP contribution >= 0.6 is 22.7 Å². The summed E-state index contributed by atoms with van der Waals surface area (Å²) in [6, 6.07) is 25.4. The number of benzene rings is 3. The van der Waals surface area contributed by atoms with Crippen molar-refractivity contribution in [1.29, 1.82) is 5.26 Å². The first-order valence-corrected chi connectivity index (χ1v) is 9.31. The second kappa shape index (κ2) is 5.17. The van der Waals surface area contributed by atoms with Crippen LogP contribution in [0.5, 0.6) is 0 Å².